The van der Waals surface area contributed by atoms with Crippen molar-refractivity contribution in [2.75, 3.05) is 26.9 Å². The van der Waals surface area contributed by atoms with Crippen LogP contribution >= 0.6 is 0 Å². The molecular weight excluding hydrogens is 620 g/mol. The zero-order chi connectivity index (χ0) is 36.3. The van der Waals surface area contributed by atoms with Gasteiger partial charge >= 0.3 is 0 Å². The fraction of sp³-hybridized carbons (Fsp3) is 0.644. The molecule has 0 radical (unpaired) electrons. The van der Waals surface area contributed by atoms with E-state index in [-0.39, 0.29) is 18.8 Å². The van der Waals surface area contributed by atoms with Crippen LogP contribution < -0.4 is 0 Å². The predicted molar refractivity (Wildman–Crippen MR) is 209 cm³/mol. The van der Waals surface area contributed by atoms with E-state index in [0.717, 1.165) is 35.9 Å². The van der Waals surface area contributed by atoms with E-state index in [1.54, 1.807) is 25.2 Å². The molecule has 2 aromatic carbocycles. The molecule has 0 spiro atoms. The van der Waals surface area contributed by atoms with Gasteiger partial charge in [0.05, 0.1) is 13.2 Å². The zero-order valence-electron chi connectivity index (χ0n) is 31.6. The number of aliphatic hydroxyl groups is 2. The molecule has 3 fully saturated rings. The van der Waals surface area contributed by atoms with E-state index in [0.29, 0.717) is 30.3 Å². The standard InChI is InChI=1S/C37H56O2.C4H6O2.C4H6O/c1-3-4-27-7-13-30(14-8-27)33-19-21-36-24-34(20-22-35(36)23-33)31-15-9-28(10-16-31)5-6-29-11-17-32(18-12-29)37(25-38)26-39-2;1-4(2-5)3-6;1-4(2)3-5/h19-24,27-32,37-38H,3-18,25-26H2,1-2H3;2,6H,1,3H2;3H,1H2,2H3. The van der Waals surface area contributed by atoms with Crippen LogP contribution in [0.4, 0.5) is 0 Å². The molecule has 0 aromatic heterocycles. The lowest BCUT2D eigenvalue weighted by Gasteiger charge is -2.34. The van der Waals surface area contributed by atoms with Gasteiger partial charge < -0.3 is 14.9 Å². The molecule has 0 aliphatic heterocycles. The first-order valence-corrected chi connectivity index (χ1v) is 19.7. The third-order valence-electron chi connectivity index (χ3n) is 11.9. The molecule has 1 atom stereocenters. The largest absolute Gasteiger partial charge is 0.396 e. The summed E-state index contributed by atoms with van der Waals surface area (Å²) >= 11 is 0. The highest BCUT2D eigenvalue weighted by Crippen LogP contribution is 2.42. The number of methoxy groups -OCH3 is 1. The summed E-state index contributed by atoms with van der Waals surface area (Å²) < 4.78 is 5.34. The number of aliphatic hydroxyl groups excluding tert-OH is 2. The van der Waals surface area contributed by atoms with E-state index < -0.39 is 0 Å². The molecule has 5 nitrogen and oxygen atoms in total. The molecule has 50 heavy (non-hydrogen) atoms. The van der Waals surface area contributed by atoms with Gasteiger partial charge in [0.25, 0.3) is 0 Å². The number of fused-ring (bicyclic) bond motifs is 1. The van der Waals surface area contributed by atoms with Crippen molar-refractivity contribution in [1.82, 2.24) is 0 Å². The van der Waals surface area contributed by atoms with Gasteiger partial charge in [-0.15, -0.1) is 0 Å². The van der Waals surface area contributed by atoms with Crippen LogP contribution in [0.15, 0.2) is 60.7 Å². The summed E-state index contributed by atoms with van der Waals surface area (Å²) in [5.74, 6) is 5.38. The van der Waals surface area contributed by atoms with Crippen LogP contribution in [0, 0.1) is 29.6 Å². The Labute approximate surface area is 304 Å². The van der Waals surface area contributed by atoms with Gasteiger partial charge in [-0.3, -0.25) is 9.59 Å². The number of hydrogen-bond donors (Lipinski definition) is 2. The molecule has 278 valence electrons. The lowest BCUT2D eigenvalue weighted by molar-refractivity contribution is -0.105. The minimum Gasteiger partial charge on any atom is -0.396 e. The molecule has 0 bridgehead atoms. The van der Waals surface area contributed by atoms with Crippen molar-refractivity contribution in [3.8, 4) is 0 Å². The average molecular weight is 689 g/mol. The second-order valence-electron chi connectivity index (χ2n) is 15.7. The fourth-order valence-corrected chi connectivity index (χ4v) is 8.78. The van der Waals surface area contributed by atoms with Crippen LogP contribution in [-0.4, -0.2) is 49.7 Å². The quantitative estimate of drug-likeness (QED) is 0.152. The maximum atomic E-state index is 9.71. The minimum atomic E-state index is -0.233. The lowest BCUT2D eigenvalue weighted by Crippen LogP contribution is -2.27. The van der Waals surface area contributed by atoms with Crippen molar-refractivity contribution < 1.29 is 24.5 Å². The van der Waals surface area contributed by atoms with E-state index in [2.05, 4.69) is 56.5 Å². The first-order chi connectivity index (χ1) is 24.2. The van der Waals surface area contributed by atoms with Gasteiger partial charge in [-0.2, -0.15) is 0 Å². The third kappa shape index (κ3) is 13.8. The van der Waals surface area contributed by atoms with Gasteiger partial charge in [0, 0.05) is 25.2 Å². The zero-order valence-corrected chi connectivity index (χ0v) is 31.6. The Balaban J connectivity index is 0.000000535. The number of rotatable bonds is 14. The molecule has 0 saturated heterocycles. The Bertz CT molecular complexity index is 1290. The van der Waals surface area contributed by atoms with Crippen molar-refractivity contribution in [3.63, 3.8) is 0 Å². The second-order valence-corrected chi connectivity index (χ2v) is 15.7. The summed E-state index contributed by atoms with van der Waals surface area (Å²) in [6, 6.07) is 14.8. The van der Waals surface area contributed by atoms with E-state index in [1.165, 1.54) is 114 Å². The van der Waals surface area contributed by atoms with Gasteiger partial charge in [0.2, 0.25) is 0 Å². The molecule has 5 rings (SSSR count). The molecule has 2 N–H and O–H groups in total. The molecular formula is C45H68O5. The fourth-order valence-electron chi connectivity index (χ4n) is 8.78. The monoisotopic (exact) mass is 689 g/mol. The summed E-state index contributed by atoms with van der Waals surface area (Å²) in [4.78, 5) is 18.9. The Hall–Kier alpha value is -2.60. The van der Waals surface area contributed by atoms with Crippen LogP contribution in [-0.2, 0) is 14.3 Å². The third-order valence-corrected chi connectivity index (χ3v) is 11.9. The summed E-state index contributed by atoms with van der Waals surface area (Å²) in [5, 5.41) is 20.6. The normalized spacial score (nSPS) is 25.6. The molecule has 5 heteroatoms. The van der Waals surface area contributed by atoms with E-state index in [1.807, 2.05) is 0 Å². The SMILES string of the molecule is C=C(C)C=O.C=C(C=O)CO.CCCC1CCC(c2ccc3cc(C4CCC(CCC5CCC(C(CO)COC)CC5)CC4)ccc3c2)CC1. The van der Waals surface area contributed by atoms with Gasteiger partial charge in [-0.05, 0) is 134 Å². The maximum Gasteiger partial charge on any atom is 0.147 e. The second kappa shape index (κ2) is 23.1. The van der Waals surface area contributed by atoms with Crippen LogP contribution in [0.1, 0.15) is 140 Å². The first-order valence-electron chi connectivity index (χ1n) is 19.7. The van der Waals surface area contributed by atoms with Crippen LogP contribution in [0.3, 0.4) is 0 Å². The number of aldehydes is 2. The molecule has 3 aliphatic carbocycles. The molecule has 3 saturated carbocycles. The van der Waals surface area contributed by atoms with E-state index >= 15 is 0 Å². The molecule has 3 aliphatic rings. The summed E-state index contributed by atoms with van der Waals surface area (Å²) in [7, 11) is 1.76. The highest BCUT2D eigenvalue weighted by atomic mass is 16.5. The Kier molecular flexibility index (Phi) is 19.3. The van der Waals surface area contributed by atoms with Crippen molar-refractivity contribution in [2.24, 2.45) is 29.6 Å². The Morgan fingerprint density at radius 2 is 1.18 bits per heavy atom. The number of ether oxygens (including phenoxy) is 1. The van der Waals surface area contributed by atoms with E-state index in [4.69, 9.17) is 9.84 Å². The van der Waals surface area contributed by atoms with Crippen molar-refractivity contribution in [1.29, 1.82) is 0 Å². The van der Waals surface area contributed by atoms with Crippen molar-refractivity contribution in [2.45, 2.75) is 128 Å². The van der Waals surface area contributed by atoms with Gasteiger partial charge in [-0.25, -0.2) is 0 Å². The number of carbonyl (C=O) groups is 2. The summed E-state index contributed by atoms with van der Waals surface area (Å²) in [5.41, 5.74) is 3.96. The topological polar surface area (TPSA) is 83.8 Å². The minimum absolute atomic E-state index is 0.218. The van der Waals surface area contributed by atoms with Crippen LogP contribution in [0.25, 0.3) is 10.8 Å². The van der Waals surface area contributed by atoms with Gasteiger partial charge in [0.1, 0.15) is 12.6 Å². The maximum absolute atomic E-state index is 9.71. The Morgan fingerprint density at radius 1 is 0.740 bits per heavy atom. The summed E-state index contributed by atoms with van der Waals surface area (Å²) in [6.45, 7) is 11.2. The highest BCUT2D eigenvalue weighted by molar-refractivity contribution is 5.84. The number of allylic oxidation sites excluding steroid dienone is 1. The number of benzene rings is 2. The molecule has 0 amide bonds. The smallest absolute Gasteiger partial charge is 0.147 e. The molecule has 0 heterocycles. The average Bonchev–Trinajstić information content (AvgIpc) is 3.16. The van der Waals surface area contributed by atoms with Gasteiger partial charge in [0.15, 0.2) is 0 Å². The van der Waals surface area contributed by atoms with Gasteiger partial charge in [-0.1, -0.05) is 95.0 Å². The Morgan fingerprint density at radius 3 is 1.52 bits per heavy atom. The highest BCUT2D eigenvalue weighted by Gasteiger charge is 2.29. The van der Waals surface area contributed by atoms with Crippen LogP contribution in [0.2, 0.25) is 0 Å². The lowest BCUT2D eigenvalue weighted by atomic mass is 9.72. The first kappa shape index (κ1) is 41.8. The number of hydrogen-bond acceptors (Lipinski definition) is 5. The molecule has 2 aromatic rings. The number of carbonyl (C=O) groups excluding carboxylic acids is 2. The van der Waals surface area contributed by atoms with Crippen molar-refractivity contribution >= 4 is 23.3 Å². The summed E-state index contributed by atoms with van der Waals surface area (Å²) in [6.07, 6.45) is 23.4. The predicted octanol–water partition coefficient (Wildman–Crippen LogP) is 10.5. The van der Waals surface area contributed by atoms with Crippen molar-refractivity contribution in [3.05, 3.63) is 71.8 Å². The van der Waals surface area contributed by atoms with E-state index in [9.17, 15) is 14.7 Å². The molecule has 1 unspecified atom stereocenters. The van der Waals surface area contributed by atoms with Crippen LogP contribution in [0.5, 0.6) is 0 Å².